The van der Waals surface area contributed by atoms with Gasteiger partial charge >= 0.3 is 0 Å². The van der Waals surface area contributed by atoms with Crippen LogP contribution in [-0.2, 0) is 14.8 Å². The summed E-state index contributed by atoms with van der Waals surface area (Å²) >= 11 is 0. The quantitative estimate of drug-likeness (QED) is 0.813. The van der Waals surface area contributed by atoms with Gasteiger partial charge in [-0.15, -0.1) is 0 Å². The Labute approximate surface area is 169 Å². The van der Waals surface area contributed by atoms with Gasteiger partial charge in [-0.1, -0.05) is 44.4 Å². The van der Waals surface area contributed by atoms with E-state index in [1.807, 2.05) is 24.0 Å². The summed E-state index contributed by atoms with van der Waals surface area (Å²) in [6, 6.07) is 7.23. The number of carbonyl (C=O) groups is 1. The Balaban J connectivity index is 1.50. The second-order valence-corrected chi connectivity index (χ2v) is 10.4. The fourth-order valence-electron chi connectivity index (χ4n) is 4.23. The molecule has 3 atom stereocenters. The van der Waals surface area contributed by atoms with Gasteiger partial charge in [0.05, 0.1) is 11.4 Å². The fraction of sp³-hybridized carbons (Fsp3) is 0.667. The van der Waals surface area contributed by atoms with E-state index in [0.717, 1.165) is 12.0 Å². The third-order valence-electron chi connectivity index (χ3n) is 6.41. The number of sulfonamides is 1. The number of rotatable bonds is 5. The predicted octanol–water partition coefficient (Wildman–Crippen LogP) is 2.24. The molecule has 2 aliphatic rings. The fourth-order valence-corrected chi connectivity index (χ4v) is 5.65. The maximum atomic E-state index is 12.8. The number of piperazine rings is 1. The molecule has 6 nitrogen and oxygen atoms in total. The molecular weight excluding hydrogens is 374 g/mol. The Morgan fingerprint density at radius 1 is 1.07 bits per heavy atom. The second-order valence-electron chi connectivity index (χ2n) is 8.43. The topological polar surface area (TPSA) is 69.7 Å². The SMILES string of the molecule is Cc1ccc(S(=O)(=O)N2CCN(CC(=O)N[C@@H]3CCC[C@H](C)[C@H]3C)CC2)cc1. The molecular formula is C21H33N3O3S. The molecule has 1 aromatic carbocycles. The van der Waals surface area contributed by atoms with Crippen molar-refractivity contribution in [1.29, 1.82) is 0 Å². The number of amides is 1. The van der Waals surface area contributed by atoms with Gasteiger partial charge in [-0.2, -0.15) is 4.31 Å². The minimum atomic E-state index is -3.46. The number of nitrogens with zero attached hydrogens (tertiary/aromatic N) is 2. The summed E-state index contributed by atoms with van der Waals surface area (Å²) < 4.78 is 27.1. The first-order valence-electron chi connectivity index (χ1n) is 10.4. The lowest BCUT2D eigenvalue weighted by molar-refractivity contribution is -0.124. The van der Waals surface area contributed by atoms with Crippen LogP contribution in [-0.4, -0.2) is 62.3 Å². The smallest absolute Gasteiger partial charge is 0.243 e. The highest BCUT2D eigenvalue weighted by Gasteiger charge is 2.31. The number of hydrogen-bond acceptors (Lipinski definition) is 4. The van der Waals surface area contributed by atoms with Crippen molar-refractivity contribution < 1.29 is 13.2 Å². The Kier molecular flexibility index (Phi) is 6.78. The molecule has 1 aliphatic carbocycles. The normalized spacial score (nSPS) is 27.5. The highest BCUT2D eigenvalue weighted by molar-refractivity contribution is 7.89. The molecule has 0 radical (unpaired) electrons. The zero-order valence-electron chi connectivity index (χ0n) is 17.2. The van der Waals surface area contributed by atoms with Gasteiger partial charge < -0.3 is 5.32 Å². The average molecular weight is 408 g/mol. The summed E-state index contributed by atoms with van der Waals surface area (Å²) in [6.45, 7) is 8.76. The zero-order chi connectivity index (χ0) is 20.3. The number of aryl methyl sites for hydroxylation is 1. The Morgan fingerprint density at radius 3 is 2.36 bits per heavy atom. The van der Waals surface area contributed by atoms with Gasteiger partial charge in [-0.25, -0.2) is 8.42 Å². The summed E-state index contributed by atoms with van der Waals surface area (Å²) in [4.78, 5) is 14.9. The Hall–Kier alpha value is -1.44. The van der Waals surface area contributed by atoms with Gasteiger partial charge in [0.25, 0.3) is 0 Å². The van der Waals surface area contributed by atoms with Gasteiger partial charge in [-0.3, -0.25) is 9.69 Å². The van der Waals surface area contributed by atoms with Crippen molar-refractivity contribution in [2.75, 3.05) is 32.7 Å². The van der Waals surface area contributed by atoms with Crippen LogP contribution in [0.2, 0.25) is 0 Å². The van der Waals surface area contributed by atoms with Crippen molar-refractivity contribution >= 4 is 15.9 Å². The van der Waals surface area contributed by atoms with Crippen LogP contribution < -0.4 is 5.32 Å². The largest absolute Gasteiger partial charge is 0.352 e. The van der Waals surface area contributed by atoms with E-state index in [4.69, 9.17) is 0 Å². The molecule has 1 N–H and O–H groups in total. The van der Waals surface area contributed by atoms with Crippen molar-refractivity contribution in [3.63, 3.8) is 0 Å². The first kappa shape index (κ1) is 21.3. The van der Waals surface area contributed by atoms with E-state index < -0.39 is 10.0 Å². The van der Waals surface area contributed by atoms with Crippen LogP contribution in [0.3, 0.4) is 0 Å². The molecule has 1 saturated heterocycles. The van der Waals surface area contributed by atoms with Crippen molar-refractivity contribution in [2.45, 2.75) is 51.0 Å². The first-order chi connectivity index (χ1) is 13.3. The van der Waals surface area contributed by atoms with Gasteiger partial charge in [-0.05, 0) is 37.3 Å². The first-order valence-corrected chi connectivity index (χ1v) is 11.8. The molecule has 0 bridgehead atoms. The molecule has 1 aromatic rings. The average Bonchev–Trinajstić information content (AvgIpc) is 2.66. The molecule has 1 heterocycles. The Morgan fingerprint density at radius 2 is 1.71 bits per heavy atom. The molecule has 0 spiro atoms. The highest BCUT2D eigenvalue weighted by Crippen LogP contribution is 2.29. The molecule has 0 aromatic heterocycles. The van der Waals surface area contributed by atoms with Crippen molar-refractivity contribution in [2.24, 2.45) is 11.8 Å². The van der Waals surface area contributed by atoms with Crippen LogP contribution in [0.1, 0.15) is 38.7 Å². The monoisotopic (exact) mass is 407 g/mol. The third-order valence-corrected chi connectivity index (χ3v) is 8.32. The third kappa shape index (κ3) is 4.93. The van der Waals surface area contributed by atoms with Crippen LogP contribution in [0.4, 0.5) is 0 Å². The van der Waals surface area contributed by atoms with Crippen molar-refractivity contribution in [1.82, 2.24) is 14.5 Å². The summed E-state index contributed by atoms with van der Waals surface area (Å²) in [5, 5.41) is 3.21. The minimum Gasteiger partial charge on any atom is -0.352 e. The molecule has 2 fully saturated rings. The summed E-state index contributed by atoms with van der Waals surface area (Å²) in [6.07, 6.45) is 3.47. The van der Waals surface area contributed by atoms with E-state index in [1.165, 1.54) is 17.1 Å². The second kappa shape index (κ2) is 8.93. The molecule has 1 aliphatic heterocycles. The van der Waals surface area contributed by atoms with Crippen LogP contribution in [0.5, 0.6) is 0 Å². The van der Waals surface area contributed by atoms with E-state index in [9.17, 15) is 13.2 Å². The maximum absolute atomic E-state index is 12.8. The molecule has 3 rings (SSSR count). The van der Waals surface area contributed by atoms with Gasteiger partial charge in [0.15, 0.2) is 0 Å². The predicted molar refractivity (Wildman–Crippen MR) is 110 cm³/mol. The number of nitrogens with one attached hydrogen (secondary N) is 1. The molecule has 0 unspecified atom stereocenters. The number of carbonyl (C=O) groups excluding carboxylic acids is 1. The summed E-state index contributed by atoms with van der Waals surface area (Å²) in [5.41, 5.74) is 1.04. The van der Waals surface area contributed by atoms with E-state index in [0.29, 0.717) is 49.5 Å². The van der Waals surface area contributed by atoms with Crippen molar-refractivity contribution in [3.8, 4) is 0 Å². The van der Waals surface area contributed by atoms with Gasteiger partial charge in [0.1, 0.15) is 0 Å². The highest BCUT2D eigenvalue weighted by atomic mass is 32.2. The zero-order valence-corrected chi connectivity index (χ0v) is 18.0. The molecule has 1 amide bonds. The molecule has 28 heavy (non-hydrogen) atoms. The van der Waals surface area contributed by atoms with E-state index in [1.54, 1.807) is 12.1 Å². The van der Waals surface area contributed by atoms with Gasteiger partial charge in [0, 0.05) is 32.2 Å². The lowest BCUT2D eigenvalue weighted by Gasteiger charge is -2.36. The maximum Gasteiger partial charge on any atom is 0.243 e. The van der Waals surface area contributed by atoms with Crippen LogP contribution in [0, 0.1) is 18.8 Å². The summed E-state index contributed by atoms with van der Waals surface area (Å²) in [5.74, 6) is 1.21. The Bertz CT molecular complexity index is 771. The lowest BCUT2D eigenvalue weighted by atomic mass is 9.78. The molecule has 1 saturated carbocycles. The van der Waals surface area contributed by atoms with E-state index in [-0.39, 0.29) is 11.9 Å². The number of benzene rings is 1. The van der Waals surface area contributed by atoms with E-state index in [2.05, 4.69) is 19.2 Å². The van der Waals surface area contributed by atoms with Crippen LogP contribution in [0.15, 0.2) is 29.2 Å². The molecule has 156 valence electrons. The number of hydrogen-bond donors (Lipinski definition) is 1. The molecule has 7 heteroatoms. The standard InChI is InChI=1S/C21H33N3O3S/c1-16-7-9-19(10-8-16)28(26,27)24-13-11-23(12-14-24)15-21(25)22-20-6-4-5-17(2)18(20)3/h7-10,17-18,20H,4-6,11-15H2,1-3H3,(H,22,25)/t17-,18+,20+/m0/s1. The summed E-state index contributed by atoms with van der Waals surface area (Å²) in [7, 11) is -3.46. The van der Waals surface area contributed by atoms with Gasteiger partial charge in [0.2, 0.25) is 15.9 Å². The van der Waals surface area contributed by atoms with Crippen LogP contribution in [0.25, 0.3) is 0 Å². The van der Waals surface area contributed by atoms with Crippen molar-refractivity contribution in [3.05, 3.63) is 29.8 Å². The van der Waals surface area contributed by atoms with E-state index >= 15 is 0 Å². The minimum absolute atomic E-state index is 0.0563. The van der Waals surface area contributed by atoms with Crippen LogP contribution >= 0.6 is 0 Å². The lowest BCUT2D eigenvalue weighted by Crippen LogP contribution is -2.52.